The van der Waals surface area contributed by atoms with Gasteiger partial charge >= 0.3 is 0 Å². The van der Waals surface area contributed by atoms with Crippen molar-refractivity contribution in [3.63, 3.8) is 0 Å². The normalized spacial score (nSPS) is 12.6. The zero-order valence-electron chi connectivity index (χ0n) is 28.5. The average Bonchev–Trinajstić information content (AvgIpc) is 3.90. The third-order valence-corrected chi connectivity index (χ3v) is 11.2. The fourth-order valence-corrected chi connectivity index (χ4v) is 8.53. The number of rotatable bonds is 3. The predicted molar refractivity (Wildman–Crippen MR) is 219 cm³/mol. The van der Waals surface area contributed by atoms with Crippen molar-refractivity contribution >= 4 is 65.6 Å². The molecule has 12 rings (SSSR count). The average molecular weight is 679 g/mol. The summed E-state index contributed by atoms with van der Waals surface area (Å²) in [5, 5.41) is 7.15. The van der Waals surface area contributed by atoms with Crippen molar-refractivity contribution in [2.45, 2.75) is 6.61 Å². The Kier molecular flexibility index (Phi) is 5.80. The van der Waals surface area contributed by atoms with Crippen LogP contribution in [0.2, 0.25) is 0 Å². The maximum absolute atomic E-state index is 6.10. The van der Waals surface area contributed by atoms with Crippen LogP contribution in [0.1, 0.15) is 5.56 Å². The van der Waals surface area contributed by atoms with Crippen LogP contribution in [0, 0.1) is 0 Å². The van der Waals surface area contributed by atoms with Gasteiger partial charge in [0, 0.05) is 59.9 Å². The second-order valence-electron chi connectivity index (χ2n) is 14.3. The number of hydrogen-bond donors (Lipinski definition) is 2. The fraction of sp³-hybridized carbons (Fsp3) is 0.0204. The van der Waals surface area contributed by atoms with Gasteiger partial charge in [-0.15, -0.1) is 0 Å². The van der Waals surface area contributed by atoms with Crippen molar-refractivity contribution in [2.24, 2.45) is 0 Å². The lowest BCUT2D eigenvalue weighted by atomic mass is 9.93. The van der Waals surface area contributed by atoms with E-state index < -0.39 is 0 Å². The number of aromatic amines is 2. The smallest absolute Gasteiger partial charge is 0.135 e. The van der Waals surface area contributed by atoms with Crippen LogP contribution in [0.4, 0.5) is 0 Å². The first kappa shape index (κ1) is 28.6. The molecule has 11 aromatic rings. The van der Waals surface area contributed by atoms with E-state index in [1.807, 2.05) is 12.1 Å². The molecule has 0 radical (unpaired) electrons. The van der Waals surface area contributed by atoms with E-state index in [9.17, 15) is 0 Å². The summed E-state index contributed by atoms with van der Waals surface area (Å²) in [6.07, 6.45) is 0. The van der Waals surface area contributed by atoms with Crippen molar-refractivity contribution in [3.05, 3.63) is 163 Å². The van der Waals surface area contributed by atoms with Gasteiger partial charge in [-0.05, 0) is 123 Å². The monoisotopic (exact) mass is 678 g/mol. The number of ether oxygens (including phenoxy) is 1. The molecule has 0 bridgehead atoms. The number of fused-ring (bicyclic) bond motifs is 12. The van der Waals surface area contributed by atoms with E-state index >= 15 is 0 Å². The molecule has 4 heteroatoms. The SMILES string of the molecule is c1ccc2c(c1)COc1ccc(-c3ccc4[nH]c5ccc(-c6ccc7[nH]c8ccc(-c9ccc%10oc%11ccccc%11c%10c9)cc8c7c6)cc5c4c3)cc1-2. The summed E-state index contributed by atoms with van der Waals surface area (Å²) in [6, 6.07) is 56.9. The number of H-pyrrole nitrogens is 2. The molecule has 0 atom stereocenters. The zero-order chi connectivity index (χ0) is 34.6. The van der Waals surface area contributed by atoms with Crippen LogP contribution in [-0.2, 0) is 6.61 Å². The third kappa shape index (κ3) is 4.36. The Balaban J connectivity index is 0.944. The number of benzene rings is 8. The lowest BCUT2D eigenvalue weighted by Crippen LogP contribution is -2.05. The van der Waals surface area contributed by atoms with E-state index in [0.717, 1.165) is 55.3 Å². The molecule has 0 aliphatic carbocycles. The van der Waals surface area contributed by atoms with E-state index in [1.165, 1.54) is 66.1 Å². The highest BCUT2D eigenvalue weighted by Crippen LogP contribution is 2.42. The molecule has 1 aliphatic rings. The topological polar surface area (TPSA) is 54.0 Å². The van der Waals surface area contributed by atoms with Gasteiger partial charge in [-0.25, -0.2) is 0 Å². The predicted octanol–water partition coefficient (Wildman–Crippen LogP) is 13.4. The Bertz CT molecular complexity index is 3300. The van der Waals surface area contributed by atoms with Crippen molar-refractivity contribution < 1.29 is 9.15 Å². The molecule has 0 saturated heterocycles. The summed E-state index contributed by atoms with van der Waals surface area (Å²) in [5.41, 5.74) is 17.1. The standard InChI is InChI=1S/C49H30N2O2/c1-2-6-35-34(5-1)27-52-47-19-13-32(25-41(35)47)30-11-17-45-39(23-30)37-21-28(9-15-43(37)50-45)29-10-16-44-38(22-29)40-24-31(12-18-46(40)51-44)33-14-20-49-42(26-33)36-7-3-4-8-48(36)53-49/h1-26,50-51H,27H2. The summed E-state index contributed by atoms with van der Waals surface area (Å²) in [7, 11) is 0. The van der Waals surface area contributed by atoms with Crippen molar-refractivity contribution in [1.82, 2.24) is 9.97 Å². The minimum absolute atomic E-state index is 0.613. The van der Waals surface area contributed by atoms with Gasteiger partial charge in [0.1, 0.15) is 23.5 Å². The van der Waals surface area contributed by atoms with Crippen LogP contribution in [0.25, 0.3) is 110 Å². The Morgan fingerprint density at radius 2 is 0.830 bits per heavy atom. The largest absolute Gasteiger partial charge is 0.488 e. The van der Waals surface area contributed by atoms with Crippen LogP contribution in [0.5, 0.6) is 5.75 Å². The molecular weight excluding hydrogens is 649 g/mol. The van der Waals surface area contributed by atoms with E-state index in [1.54, 1.807) is 0 Å². The van der Waals surface area contributed by atoms with E-state index in [-0.39, 0.29) is 0 Å². The van der Waals surface area contributed by atoms with Gasteiger partial charge in [-0.2, -0.15) is 0 Å². The Hall–Kier alpha value is -7.04. The van der Waals surface area contributed by atoms with Crippen LogP contribution in [0.3, 0.4) is 0 Å². The summed E-state index contributed by atoms with van der Waals surface area (Å²) in [5.74, 6) is 0.943. The number of aromatic nitrogens is 2. The maximum Gasteiger partial charge on any atom is 0.135 e. The van der Waals surface area contributed by atoms with Gasteiger partial charge < -0.3 is 19.1 Å². The van der Waals surface area contributed by atoms with Crippen molar-refractivity contribution in [2.75, 3.05) is 0 Å². The highest BCUT2D eigenvalue weighted by atomic mass is 16.5. The van der Waals surface area contributed by atoms with Gasteiger partial charge in [-0.1, -0.05) is 78.9 Å². The summed E-state index contributed by atoms with van der Waals surface area (Å²) in [4.78, 5) is 7.31. The first-order valence-electron chi connectivity index (χ1n) is 18.1. The summed E-state index contributed by atoms with van der Waals surface area (Å²) < 4.78 is 12.2. The number of para-hydroxylation sites is 1. The highest BCUT2D eigenvalue weighted by Gasteiger charge is 2.18. The molecule has 0 spiro atoms. The molecule has 2 N–H and O–H groups in total. The first-order valence-corrected chi connectivity index (χ1v) is 18.1. The minimum atomic E-state index is 0.613. The quantitative estimate of drug-likeness (QED) is 0.195. The lowest BCUT2D eigenvalue weighted by molar-refractivity contribution is 0.302. The highest BCUT2D eigenvalue weighted by molar-refractivity contribution is 6.12. The molecule has 8 aromatic carbocycles. The molecule has 1 aliphatic heterocycles. The molecule has 4 heterocycles. The molecule has 3 aromatic heterocycles. The van der Waals surface area contributed by atoms with Crippen LogP contribution < -0.4 is 4.74 Å². The fourth-order valence-electron chi connectivity index (χ4n) is 8.53. The summed E-state index contributed by atoms with van der Waals surface area (Å²) in [6.45, 7) is 0.613. The van der Waals surface area contributed by atoms with E-state index in [0.29, 0.717) is 6.61 Å². The van der Waals surface area contributed by atoms with Crippen molar-refractivity contribution in [1.29, 1.82) is 0 Å². The van der Waals surface area contributed by atoms with Gasteiger partial charge in [-0.3, -0.25) is 0 Å². The molecule has 0 unspecified atom stereocenters. The second-order valence-corrected chi connectivity index (χ2v) is 14.3. The van der Waals surface area contributed by atoms with E-state index in [4.69, 9.17) is 9.15 Å². The summed E-state index contributed by atoms with van der Waals surface area (Å²) >= 11 is 0. The Morgan fingerprint density at radius 3 is 1.45 bits per heavy atom. The third-order valence-electron chi connectivity index (χ3n) is 11.2. The maximum atomic E-state index is 6.10. The lowest BCUT2D eigenvalue weighted by Gasteiger charge is -2.21. The molecule has 4 nitrogen and oxygen atoms in total. The van der Waals surface area contributed by atoms with Gasteiger partial charge in [0.25, 0.3) is 0 Å². The minimum Gasteiger partial charge on any atom is -0.488 e. The first-order chi connectivity index (χ1) is 26.2. The number of furan rings is 1. The molecule has 53 heavy (non-hydrogen) atoms. The second kappa shape index (κ2) is 10.7. The molecule has 0 saturated carbocycles. The molecule has 0 fully saturated rings. The number of nitrogens with one attached hydrogen (secondary N) is 2. The van der Waals surface area contributed by atoms with Crippen LogP contribution in [-0.4, -0.2) is 9.97 Å². The van der Waals surface area contributed by atoms with Gasteiger partial charge in [0.15, 0.2) is 0 Å². The molecule has 248 valence electrons. The Labute approximate surface area is 303 Å². The van der Waals surface area contributed by atoms with Crippen LogP contribution in [0.15, 0.2) is 162 Å². The molecule has 0 amide bonds. The van der Waals surface area contributed by atoms with Gasteiger partial charge in [0.2, 0.25) is 0 Å². The van der Waals surface area contributed by atoms with E-state index in [2.05, 4.69) is 156 Å². The van der Waals surface area contributed by atoms with Crippen molar-refractivity contribution in [3.8, 4) is 50.3 Å². The molecular formula is C49H30N2O2. The Morgan fingerprint density at radius 1 is 0.358 bits per heavy atom. The number of hydrogen-bond acceptors (Lipinski definition) is 2. The van der Waals surface area contributed by atoms with Crippen LogP contribution >= 0.6 is 0 Å². The zero-order valence-corrected chi connectivity index (χ0v) is 28.5. The van der Waals surface area contributed by atoms with Gasteiger partial charge in [0.05, 0.1) is 0 Å².